The van der Waals surface area contributed by atoms with Crippen LogP contribution in [0.15, 0.2) is 55.0 Å². The molecule has 0 unspecified atom stereocenters. The van der Waals surface area contributed by atoms with Gasteiger partial charge in [-0.25, -0.2) is 9.37 Å². The van der Waals surface area contributed by atoms with Crippen LogP contribution in [-0.2, 0) is 0 Å². The molecule has 1 fully saturated rings. The second-order valence-corrected chi connectivity index (χ2v) is 5.87. The third-order valence-corrected chi connectivity index (χ3v) is 4.39. The van der Waals surface area contributed by atoms with Crippen LogP contribution in [0.4, 0.5) is 10.1 Å². The van der Waals surface area contributed by atoms with E-state index in [4.69, 9.17) is 0 Å². The molecule has 1 aliphatic heterocycles. The van der Waals surface area contributed by atoms with Crippen LogP contribution in [0.25, 0.3) is 5.65 Å². The third-order valence-electron chi connectivity index (χ3n) is 4.39. The molecule has 1 aromatic carbocycles. The highest BCUT2D eigenvalue weighted by molar-refractivity contribution is 5.94. The first-order valence-corrected chi connectivity index (χ1v) is 7.93. The number of benzene rings is 1. The lowest BCUT2D eigenvalue weighted by Crippen LogP contribution is -2.48. The Kier molecular flexibility index (Phi) is 3.65. The number of piperazine rings is 1. The lowest BCUT2D eigenvalue weighted by atomic mass is 10.2. The van der Waals surface area contributed by atoms with E-state index in [0.29, 0.717) is 18.7 Å². The molecule has 3 aromatic rings. The molecule has 0 atom stereocenters. The fourth-order valence-corrected chi connectivity index (χ4v) is 3.05. The van der Waals surface area contributed by atoms with E-state index in [2.05, 4.69) is 9.88 Å². The number of carbonyl (C=O) groups excluding carboxylic acids is 1. The number of hydrogen-bond acceptors (Lipinski definition) is 3. The summed E-state index contributed by atoms with van der Waals surface area (Å²) in [6.45, 7) is 2.78. The summed E-state index contributed by atoms with van der Waals surface area (Å²) in [5.41, 5.74) is 2.48. The number of anilines is 1. The van der Waals surface area contributed by atoms with Crippen molar-refractivity contribution in [3.05, 3.63) is 66.4 Å². The molecule has 1 aliphatic rings. The normalized spacial score (nSPS) is 15.0. The number of rotatable bonds is 2. The van der Waals surface area contributed by atoms with E-state index in [1.54, 1.807) is 18.3 Å². The van der Waals surface area contributed by atoms with Gasteiger partial charge in [0.05, 0.1) is 5.56 Å². The molecular weight excluding hydrogens is 307 g/mol. The van der Waals surface area contributed by atoms with E-state index < -0.39 is 0 Å². The number of hydrogen-bond donors (Lipinski definition) is 0. The SMILES string of the molecule is O=C(c1ccc2nccn2c1)N1CCN(c2ccc(F)cc2)CC1. The van der Waals surface area contributed by atoms with Gasteiger partial charge >= 0.3 is 0 Å². The number of carbonyl (C=O) groups is 1. The molecule has 0 N–H and O–H groups in total. The van der Waals surface area contributed by atoms with Gasteiger partial charge in [0.1, 0.15) is 11.5 Å². The highest BCUT2D eigenvalue weighted by Crippen LogP contribution is 2.18. The van der Waals surface area contributed by atoms with Crippen LogP contribution in [0.1, 0.15) is 10.4 Å². The minimum absolute atomic E-state index is 0.0318. The van der Waals surface area contributed by atoms with Gasteiger partial charge in [-0.1, -0.05) is 0 Å². The van der Waals surface area contributed by atoms with Crippen molar-refractivity contribution in [2.24, 2.45) is 0 Å². The van der Waals surface area contributed by atoms with E-state index in [1.807, 2.05) is 33.8 Å². The van der Waals surface area contributed by atoms with Gasteiger partial charge in [0.15, 0.2) is 0 Å². The van der Waals surface area contributed by atoms with Gasteiger partial charge in [-0.15, -0.1) is 0 Å². The van der Waals surface area contributed by atoms with E-state index in [9.17, 15) is 9.18 Å². The number of halogens is 1. The van der Waals surface area contributed by atoms with Crippen LogP contribution in [0.3, 0.4) is 0 Å². The number of nitrogens with zero attached hydrogens (tertiary/aromatic N) is 4. The second kappa shape index (κ2) is 5.96. The highest BCUT2D eigenvalue weighted by atomic mass is 19.1. The highest BCUT2D eigenvalue weighted by Gasteiger charge is 2.22. The van der Waals surface area contributed by atoms with Crippen molar-refractivity contribution in [3.8, 4) is 0 Å². The summed E-state index contributed by atoms with van der Waals surface area (Å²) in [4.78, 5) is 20.9. The van der Waals surface area contributed by atoms with Crippen LogP contribution in [0, 0.1) is 5.82 Å². The monoisotopic (exact) mass is 324 g/mol. The molecule has 0 radical (unpaired) electrons. The minimum Gasteiger partial charge on any atom is -0.368 e. The van der Waals surface area contributed by atoms with Crippen LogP contribution in [0.2, 0.25) is 0 Å². The Morgan fingerprint density at radius 1 is 1.00 bits per heavy atom. The van der Waals surface area contributed by atoms with Crippen LogP contribution < -0.4 is 4.90 Å². The molecule has 0 bridgehead atoms. The third kappa shape index (κ3) is 2.71. The summed E-state index contributed by atoms with van der Waals surface area (Å²) in [5.74, 6) is -0.202. The summed E-state index contributed by atoms with van der Waals surface area (Å²) < 4.78 is 14.9. The molecule has 3 heterocycles. The van der Waals surface area contributed by atoms with Crippen molar-refractivity contribution in [1.82, 2.24) is 14.3 Å². The first-order chi connectivity index (χ1) is 11.7. The van der Waals surface area contributed by atoms with Crippen LogP contribution in [-0.4, -0.2) is 46.4 Å². The first-order valence-electron chi connectivity index (χ1n) is 7.93. The van der Waals surface area contributed by atoms with Crippen LogP contribution in [0.5, 0.6) is 0 Å². The summed E-state index contributed by atoms with van der Waals surface area (Å²) in [5, 5.41) is 0. The van der Waals surface area contributed by atoms with Crippen molar-refractivity contribution in [2.75, 3.05) is 31.1 Å². The summed E-state index contributed by atoms with van der Waals surface area (Å²) in [6, 6.07) is 10.2. The Morgan fingerprint density at radius 3 is 2.50 bits per heavy atom. The Bertz CT molecular complexity index is 866. The average Bonchev–Trinajstić information content (AvgIpc) is 3.09. The van der Waals surface area contributed by atoms with Crippen LogP contribution >= 0.6 is 0 Å². The zero-order valence-electron chi connectivity index (χ0n) is 13.1. The fraction of sp³-hybridized carbons (Fsp3) is 0.222. The zero-order chi connectivity index (χ0) is 16.5. The van der Waals surface area contributed by atoms with Gasteiger partial charge in [0, 0.05) is 50.5 Å². The molecule has 6 heteroatoms. The minimum atomic E-state index is -0.234. The van der Waals surface area contributed by atoms with Crippen molar-refractivity contribution in [1.29, 1.82) is 0 Å². The quantitative estimate of drug-likeness (QED) is 0.727. The smallest absolute Gasteiger partial charge is 0.255 e. The Morgan fingerprint density at radius 2 is 1.75 bits per heavy atom. The zero-order valence-corrected chi connectivity index (χ0v) is 13.1. The maximum Gasteiger partial charge on any atom is 0.255 e. The van der Waals surface area contributed by atoms with E-state index >= 15 is 0 Å². The predicted octanol–water partition coefficient (Wildman–Crippen LogP) is 2.44. The summed E-state index contributed by atoms with van der Waals surface area (Å²) in [6.07, 6.45) is 5.36. The standard InChI is InChI=1S/C18H17FN4O/c19-15-2-4-16(5-3-15)21-9-11-22(12-10-21)18(24)14-1-6-17-20-7-8-23(17)13-14/h1-8,13H,9-12H2. The second-order valence-electron chi connectivity index (χ2n) is 5.87. The Labute approximate surface area is 138 Å². The summed E-state index contributed by atoms with van der Waals surface area (Å²) >= 11 is 0. The maximum absolute atomic E-state index is 13.0. The molecule has 1 amide bonds. The van der Waals surface area contributed by atoms with Crippen molar-refractivity contribution in [3.63, 3.8) is 0 Å². The van der Waals surface area contributed by atoms with Crippen molar-refractivity contribution < 1.29 is 9.18 Å². The lowest BCUT2D eigenvalue weighted by molar-refractivity contribution is 0.0746. The number of amides is 1. The molecule has 122 valence electrons. The van der Waals surface area contributed by atoms with Gasteiger partial charge in [-0.3, -0.25) is 4.79 Å². The molecule has 0 saturated carbocycles. The topological polar surface area (TPSA) is 40.9 Å². The lowest BCUT2D eigenvalue weighted by Gasteiger charge is -2.36. The molecular formula is C18H17FN4O. The van der Waals surface area contributed by atoms with Gasteiger partial charge in [-0.05, 0) is 36.4 Å². The van der Waals surface area contributed by atoms with E-state index in [1.165, 1.54) is 12.1 Å². The maximum atomic E-state index is 13.0. The average molecular weight is 324 g/mol. The molecule has 0 aliphatic carbocycles. The molecule has 1 saturated heterocycles. The van der Waals surface area contributed by atoms with Gasteiger partial charge in [-0.2, -0.15) is 0 Å². The van der Waals surface area contributed by atoms with Crippen molar-refractivity contribution in [2.45, 2.75) is 0 Å². The van der Waals surface area contributed by atoms with E-state index in [0.717, 1.165) is 24.4 Å². The van der Waals surface area contributed by atoms with Gasteiger partial charge < -0.3 is 14.2 Å². The molecule has 5 nitrogen and oxygen atoms in total. The molecule has 4 rings (SSSR count). The number of imidazole rings is 1. The summed E-state index contributed by atoms with van der Waals surface area (Å²) in [7, 11) is 0. The number of fused-ring (bicyclic) bond motifs is 1. The molecule has 2 aromatic heterocycles. The first kappa shape index (κ1) is 14.7. The fourth-order valence-electron chi connectivity index (χ4n) is 3.05. The Hall–Kier alpha value is -2.89. The molecule has 0 spiro atoms. The predicted molar refractivity (Wildman–Crippen MR) is 89.7 cm³/mol. The number of pyridine rings is 1. The van der Waals surface area contributed by atoms with Gasteiger partial charge in [0.2, 0.25) is 0 Å². The van der Waals surface area contributed by atoms with E-state index in [-0.39, 0.29) is 11.7 Å². The van der Waals surface area contributed by atoms with Crippen molar-refractivity contribution >= 4 is 17.2 Å². The molecule has 24 heavy (non-hydrogen) atoms. The number of aromatic nitrogens is 2. The largest absolute Gasteiger partial charge is 0.368 e. The van der Waals surface area contributed by atoms with Gasteiger partial charge in [0.25, 0.3) is 5.91 Å². The Balaban J connectivity index is 1.44.